The maximum absolute atomic E-state index is 12.3. The molecular formula is C13H22N4O. The fourth-order valence-corrected chi connectivity index (χ4v) is 2.57. The van der Waals surface area contributed by atoms with Crippen molar-refractivity contribution in [2.45, 2.75) is 46.1 Å². The second kappa shape index (κ2) is 5.50. The molecule has 1 N–H and O–H groups in total. The molecular weight excluding hydrogens is 228 g/mol. The van der Waals surface area contributed by atoms with Gasteiger partial charge in [-0.2, -0.15) is 5.10 Å². The Morgan fingerprint density at radius 2 is 2.06 bits per heavy atom. The minimum atomic E-state index is 0.200. The van der Waals surface area contributed by atoms with Crippen LogP contribution in [-0.2, 0) is 11.3 Å². The molecule has 18 heavy (non-hydrogen) atoms. The fourth-order valence-electron chi connectivity index (χ4n) is 2.57. The molecule has 1 aromatic heterocycles. The summed E-state index contributed by atoms with van der Waals surface area (Å²) in [5.74, 6) is 2.69. The number of H-pyrrole nitrogens is 1. The van der Waals surface area contributed by atoms with E-state index in [1.807, 2.05) is 14.0 Å². The van der Waals surface area contributed by atoms with Crippen molar-refractivity contribution in [1.82, 2.24) is 20.1 Å². The van der Waals surface area contributed by atoms with Crippen molar-refractivity contribution in [1.29, 1.82) is 0 Å². The van der Waals surface area contributed by atoms with Crippen LogP contribution in [0.25, 0.3) is 0 Å². The number of amides is 1. The zero-order chi connectivity index (χ0) is 13.1. The first-order chi connectivity index (χ1) is 8.56. The van der Waals surface area contributed by atoms with Crippen LogP contribution >= 0.6 is 0 Å². The van der Waals surface area contributed by atoms with Gasteiger partial charge in [0.05, 0.1) is 6.54 Å². The van der Waals surface area contributed by atoms with Crippen molar-refractivity contribution < 1.29 is 4.79 Å². The van der Waals surface area contributed by atoms with Crippen molar-refractivity contribution in [3.05, 3.63) is 11.6 Å². The monoisotopic (exact) mass is 250 g/mol. The number of carbonyl (C=O) groups is 1. The SMILES string of the molecule is Cc1nc(CN(C)C(=O)C2CCC(C)CC2)n[nH]1. The Morgan fingerprint density at radius 1 is 1.39 bits per heavy atom. The van der Waals surface area contributed by atoms with E-state index >= 15 is 0 Å². The van der Waals surface area contributed by atoms with E-state index in [0.717, 1.165) is 24.6 Å². The molecule has 0 aromatic carbocycles. The highest BCUT2D eigenvalue weighted by atomic mass is 16.2. The van der Waals surface area contributed by atoms with E-state index in [1.165, 1.54) is 12.8 Å². The first-order valence-corrected chi connectivity index (χ1v) is 6.69. The topological polar surface area (TPSA) is 61.9 Å². The molecule has 5 nitrogen and oxygen atoms in total. The number of carbonyl (C=O) groups excluding carboxylic acids is 1. The molecule has 0 saturated heterocycles. The van der Waals surface area contributed by atoms with Gasteiger partial charge >= 0.3 is 0 Å². The van der Waals surface area contributed by atoms with Gasteiger partial charge in [-0.3, -0.25) is 9.89 Å². The van der Waals surface area contributed by atoms with Crippen LogP contribution < -0.4 is 0 Å². The summed E-state index contributed by atoms with van der Waals surface area (Å²) in [6, 6.07) is 0. The number of nitrogens with one attached hydrogen (secondary N) is 1. The molecule has 1 heterocycles. The van der Waals surface area contributed by atoms with Crippen molar-refractivity contribution >= 4 is 5.91 Å². The minimum Gasteiger partial charge on any atom is -0.338 e. The van der Waals surface area contributed by atoms with Gasteiger partial charge in [-0.1, -0.05) is 6.92 Å². The van der Waals surface area contributed by atoms with E-state index in [1.54, 1.807) is 4.90 Å². The highest BCUT2D eigenvalue weighted by molar-refractivity contribution is 5.78. The van der Waals surface area contributed by atoms with E-state index in [0.29, 0.717) is 12.4 Å². The lowest BCUT2D eigenvalue weighted by Gasteiger charge is -2.28. The first kappa shape index (κ1) is 13.1. The molecule has 1 saturated carbocycles. The Kier molecular flexibility index (Phi) is 3.99. The molecule has 5 heteroatoms. The molecule has 1 amide bonds. The lowest BCUT2D eigenvalue weighted by Crippen LogP contribution is -2.34. The Hall–Kier alpha value is -1.39. The summed E-state index contributed by atoms with van der Waals surface area (Å²) in [6.45, 7) is 4.62. The van der Waals surface area contributed by atoms with Crippen LogP contribution in [0, 0.1) is 18.8 Å². The highest BCUT2D eigenvalue weighted by Gasteiger charge is 2.26. The predicted molar refractivity (Wildman–Crippen MR) is 68.7 cm³/mol. The molecule has 0 bridgehead atoms. The summed E-state index contributed by atoms with van der Waals surface area (Å²) in [7, 11) is 1.84. The average molecular weight is 250 g/mol. The van der Waals surface area contributed by atoms with E-state index in [9.17, 15) is 4.79 Å². The second-order valence-electron chi connectivity index (χ2n) is 5.49. The largest absolute Gasteiger partial charge is 0.338 e. The quantitative estimate of drug-likeness (QED) is 0.891. The van der Waals surface area contributed by atoms with Gasteiger partial charge in [0, 0.05) is 13.0 Å². The maximum Gasteiger partial charge on any atom is 0.225 e. The third-order valence-corrected chi connectivity index (χ3v) is 3.76. The van der Waals surface area contributed by atoms with Crippen LogP contribution in [0.4, 0.5) is 0 Å². The van der Waals surface area contributed by atoms with Gasteiger partial charge in [-0.25, -0.2) is 4.98 Å². The van der Waals surface area contributed by atoms with Gasteiger partial charge in [-0.05, 0) is 38.5 Å². The number of aromatic amines is 1. The first-order valence-electron chi connectivity index (χ1n) is 6.69. The summed E-state index contributed by atoms with van der Waals surface area (Å²) in [5.41, 5.74) is 0. The number of hydrogen-bond acceptors (Lipinski definition) is 3. The maximum atomic E-state index is 12.3. The average Bonchev–Trinajstić information content (AvgIpc) is 2.75. The Labute approximate surface area is 108 Å². The van der Waals surface area contributed by atoms with Crippen LogP contribution in [0.2, 0.25) is 0 Å². The van der Waals surface area contributed by atoms with Crippen LogP contribution in [0.1, 0.15) is 44.3 Å². The predicted octanol–water partition coefficient (Wildman–Crippen LogP) is 1.90. The van der Waals surface area contributed by atoms with E-state index in [4.69, 9.17) is 0 Å². The van der Waals surface area contributed by atoms with Crippen molar-refractivity contribution in [2.75, 3.05) is 7.05 Å². The number of aromatic nitrogens is 3. The Balaban J connectivity index is 1.88. The third-order valence-electron chi connectivity index (χ3n) is 3.76. The highest BCUT2D eigenvalue weighted by Crippen LogP contribution is 2.29. The molecule has 1 aliphatic rings. The molecule has 100 valence electrons. The number of rotatable bonds is 3. The van der Waals surface area contributed by atoms with Gasteiger partial charge in [0.15, 0.2) is 5.82 Å². The Morgan fingerprint density at radius 3 is 2.61 bits per heavy atom. The van der Waals surface area contributed by atoms with Gasteiger partial charge in [-0.15, -0.1) is 0 Å². The fraction of sp³-hybridized carbons (Fsp3) is 0.769. The molecule has 0 aliphatic heterocycles. The van der Waals surface area contributed by atoms with E-state index in [2.05, 4.69) is 22.1 Å². The summed E-state index contributed by atoms with van der Waals surface area (Å²) in [6.07, 6.45) is 4.39. The minimum absolute atomic E-state index is 0.200. The van der Waals surface area contributed by atoms with Crippen molar-refractivity contribution in [2.24, 2.45) is 11.8 Å². The molecule has 0 unspecified atom stereocenters. The molecule has 1 aliphatic carbocycles. The second-order valence-corrected chi connectivity index (χ2v) is 5.49. The van der Waals surface area contributed by atoms with Crippen molar-refractivity contribution in [3.63, 3.8) is 0 Å². The van der Waals surface area contributed by atoms with E-state index in [-0.39, 0.29) is 11.8 Å². The van der Waals surface area contributed by atoms with Crippen LogP contribution in [0.15, 0.2) is 0 Å². The normalized spacial score (nSPS) is 23.9. The standard InChI is InChI=1S/C13H22N4O/c1-9-4-6-11(7-5-9)13(18)17(3)8-12-14-10(2)15-16-12/h9,11H,4-8H2,1-3H3,(H,14,15,16). The van der Waals surface area contributed by atoms with E-state index < -0.39 is 0 Å². The summed E-state index contributed by atoms with van der Waals surface area (Å²) >= 11 is 0. The number of hydrogen-bond donors (Lipinski definition) is 1. The summed E-state index contributed by atoms with van der Waals surface area (Å²) in [5, 5.41) is 6.86. The summed E-state index contributed by atoms with van der Waals surface area (Å²) in [4.78, 5) is 18.3. The van der Waals surface area contributed by atoms with Crippen LogP contribution in [-0.4, -0.2) is 33.0 Å². The van der Waals surface area contributed by atoms with Gasteiger partial charge < -0.3 is 4.90 Å². The lowest BCUT2D eigenvalue weighted by atomic mass is 9.82. The smallest absolute Gasteiger partial charge is 0.225 e. The Bertz CT molecular complexity index is 407. The molecule has 0 radical (unpaired) electrons. The van der Waals surface area contributed by atoms with Crippen LogP contribution in [0.3, 0.4) is 0 Å². The number of nitrogens with zero attached hydrogens (tertiary/aromatic N) is 3. The lowest BCUT2D eigenvalue weighted by molar-refractivity contribution is -0.136. The van der Waals surface area contributed by atoms with Crippen molar-refractivity contribution in [3.8, 4) is 0 Å². The summed E-state index contributed by atoms with van der Waals surface area (Å²) < 4.78 is 0. The molecule has 1 aromatic rings. The van der Waals surface area contributed by atoms with Crippen LogP contribution in [0.5, 0.6) is 0 Å². The zero-order valence-corrected chi connectivity index (χ0v) is 11.4. The molecule has 0 spiro atoms. The van der Waals surface area contributed by atoms with Gasteiger partial charge in [0.25, 0.3) is 0 Å². The third kappa shape index (κ3) is 3.09. The molecule has 0 atom stereocenters. The number of aryl methyl sites for hydroxylation is 1. The molecule has 1 fully saturated rings. The van der Waals surface area contributed by atoms with Gasteiger partial charge in [0.1, 0.15) is 5.82 Å². The molecule has 2 rings (SSSR count). The zero-order valence-electron chi connectivity index (χ0n) is 11.4. The van der Waals surface area contributed by atoms with Gasteiger partial charge in [0.2, 0.25) is 5.91 Å².